The van der Waals surface area contributed by atoms with Crippen LogP contribution in [0.4, 0.5) is 5.69 Å². The van der Waals surface area contributed by atoms with Crippen molar-refractivity contribution >= 4 is 17.3 Å². The standard InChI is InChI=1S/C14H21ClN2O/c1-2-11-3-6-14(18,7-4-11)10-17-13-5-8-16-9-12(13)15/h5,8-9,11,18H,2-4,6-7,10H2,1H3,(H,16,17). The van der Waals surface area contributed by atoms with E-state index in [1.807, 2.05) is 6.07 Å². The van der Waals surface area contributed by atoms with Crippen LogP contribution in [0.25, 0.3) is 0 Å². The predicted octanol–water partition coefficient (Wildman–Crippen LogP) is 3.48. The van der Waals surface area contributed by atoms with E-state index in [1.165, 1.54) is 6.42 Å². The van der Waals surface area contributed by atoms with Gasteiger partial charge in [0.1, 0.15) is 0 Å². The van der Waals surface area contributed by atoms with E-state index in [1.54, 1.807) is 12.4 Å². The van der Waals surface area contributed by atoms with Crippen LogP contribution in [0.5, 0.6) is 0 Å². The van der Waals surface area contributed by atoms with Crippen LogP contribution >= 0.6 is 11.6 Å². The molecule has 0 atom stereocenters. The molecule has 1 aliphatic rings. The van der Waals surface area contributed by atoms with Crippen molar-refractivity contribution in [1.29, 1.82) is 0 Å². The lowest BCUT2D eigenvalue weighted by molar-refractivity contribution is 0.00230. The van der Waals surface area contributed by atoms with E-state index < -0.39 is 5.60 Å². The Hall–Kier alpha value is -0.800. The third kappa shape index (κ3) is 3.36. The quantitative estimate of drug-likeness (QED) is 0.879. The molecule has 0 spiro atoms. The first-order chi connectivity index (χ1) is 8.63. The monoisotopic (exact) mass is 268 g/mol. The second-order valence-electron chi connectivity index (χ2n) is 5.29. The van der Waals surface area contributed by atoms with Crippen LogP contribution in [-0.2, 0) is 0 Å². The second-order valence-corrected chi connectivity index (χ2v) is 5.69. The molecule has 0 aromatic carbocycles. The first-order valence-electron chi connectivity index (χ1n) is 6.69. The van der Waals surface area contributed by atoms with Gasteiger partial charge >= 0.3 is 0 Å². The fourth-order valence-electron chi connectivity index (χ4n) is 2.58. The smallest absolute Gasteiger partial charge is 0.0820 e. The Bertz CT molecular complexity index is 389. The minimum Gasteiger partial charge on any atom is -0.388 e. The SMILES string of the molecule is CCC1CCC(O)(CNc2ccncc2Cl)CC1. The van der Waals surface area contributed by atoms with Gasteiger partial charge in [0.15, 0.2) is 0 Å². The molecule has 100 valence electrons. The molecule has 18 heavy (non-hydrogen) atoms. The first-order valence-corrected chi connectivity index (χ1v) is 7.06. The molecule has 0 aliphatic heterocycles. The van der Waals surface area contributed by atoms with Gasteiger partial charge in [-0.25, -0.2) is 0 Å². The highest BCUT2D eigenvalue weighted by Gasteiger charge is 2.32. The van der Waals surface area contributed by atoms with Crippen molar-refractivity contribution in [1.82, 2.24) is 4.98 Å². The van der Waals surface area contributed by atoms with Crippen LogP contribution in [0.2, 0.25) is 5.02 Å². The maximum Gasteiger partial charge on any atom is 0.0820 e. The van der Waals surface area contributed by atoms with Crippen LogP contribution in [0, 0.1) is 5.92 Å². The minimum absolute atomic E-state index is 0.563. The van der Waals surface area contributed by atoms with Gasteiger partial charge in [-0.05, 0) is 37.7 Å². The molecule has 1 aromatic rings. The summed E-state index contributed by atoms with van der Waals surface area (Å²) in [6, 6.07) is 1.84. The summed E-state index contributed by atoms with van der Waals surface area (Å²) in [7, 11) is 0. The fraction of sp³-hybridized carbons (Fsp3) is 0.643. The minimum atomic E-state index is -0.585. The third-order valence-electron chi connectivity index (χ3n) is 3.99. The molecule has 1 saturated carbocycles. The molecule has 0 radical (unpaired) electrons. The summed E-state index contributed by atoms with van der Waals surface area (Å²) in [5.41, 5.74) is 0.260. The summed E-state index contributed by atoms with van der Waals surface area (Å²) in [6.07, 6.45) is 8.54. The van der Waals surface area contributed by atoms with Crippen molar-refractivity contribution in [3.05, 3.63) is 23.5 Å². The normalized spacial score (nSPS) is 28.1. The Balaban J connectivity index is 1.88. The Morgan fingerprint density at radius 2 is 2.22 bits per heavy atom. The lowest BCUT2D eigenvalue weighted by atomic mass is 9.78. The number of rotatable bonds is 4. The third-order valence-corrected chi connectivity index (χ3v) is 4.29. The summed E-state index contributed by atoms with van der Waals surface area (Å²) >= 11 is 6.03. The number of aliphatic hydroxyl groups is 1. The van der Waals surface area contributed by atoms with E-state index in [-0.39, 0.29) is 0 Å². The molecule has 1 fully saturated rings. The molecule has 2 rings (SSSR count). The molecule has 0 unspecified atom stereocenters. The summed E-state index contributed by atoms with van der Waals surface area (Å²) in [5.74, 6) is 0.787. The van der Waals surface area contributed by atoms with Crippen LogP contribution < -0.4 is 5.32 Å². The topological polar surface area (TPSA) is 45.1 Å². The zero-order valence-corrected chi connectivity index (χ0v) is 11.6. The molecule has 0 bridgehead atoms. The number of pyridine rings is 1. The fourth-order valence-corrected chi connectivity index (χ4v) is 2.76. The van der Waals surface area contributed by atoms with Gasteiger partial charge in [-0.15, -0.1) is 0 Å². The van der Waals surface area contributed by atoms with Gasteiger partial charge < -0.3 is 10.4 Å². The molecule has 1 aliphatic carbocycles. The van der Waals surface area contributed by atoms with E-state index in [2.05, 4.69) is 17.2 Å². The highest BCUT2D eigenvalue weighted by molar-refractivity contribution is 6.33. The van der Waals surface area contributed by atoms with Crippen LogP contribution in [-0.4, -0.2) is 22.2 Å². The van der Waals surface area contributed by atoms with Crippen molar-refractivity contribution < 1.29 is 5.11 Å². The number of halogens is 1. The van der Waals surface area contributed by atoms with Crippen molar-refractivity contribution in [3.8, 4) is 0 Å². The van der Waals surface area contributed by atoms with Gasteiger partial charge in [0.25, 0.3) is 0 Å². The Kier molecular flexibility index (Phi) is 4.46. The lowest BCUT2D eigenvalue weighted by Gasteiger charge is -2.36. The zero-order valence-electron chi connectivity index (χ0n) is 10.8. The molecular formula is C14H21ClN2O. The van der Waals surface area contributed by atoms with Crippen molar-refractivity contribution in [2.45, 2.75) is 44.6 Å². The highest BCUT2D eigenvalue weighted by Crippen LogP contribution is 2.34. The van der Waals surface area contributed by atoms with Gasteiger partial charge in [0.05, 0.1) is 16.3 Å². The highest BCUT2D eigenvalue weighted by atomic mass is 35.5. The maximum absolute atomic E-state index is 10.5. The molecule has 0 amide bonds. The molecule has 1 aromatic heterocycles. The molecular weight excluding hydrogens is 248 g/mol. The number of anilines is 1. The summed E-state index contributed by atoms with van der Waals surface area (Å²) in [5, 5.41) is 14.3. The van der Waals surface area contributed by atoms with E-state index in [0.29, 0.717) is 11.6 Å². The van der Waals surface area contributed by atoms with Gasteiger partial charge in [-0.2, -0.15) is 0 Å². The Morgan fingerprint density at radius 1 is 1.50 bits per heavy atom. The van der Waals surface area contributed by atoms with E-state index in [9.17, 15) is 5.11 Å². The second kappa shape index (κ2) is 5.89. The lowest BCUT2D eigenvalue weighted by Crippen LogP contribution is -2.40. The summed E-state index contributed by atoms with van der Waals surface area (Å²) < 4.78 is 0. The average Bonchev–Trinajstić information content (AvgIpc) is 2.39. The molecule has 0 saturated heterocycles. The maximum atomic E-state index is 10.5. The molecule has 4 heteroatoms. The molecule has 3 nitrogen and oxygen atoms in total. The predicted molar refractivity (Wildman–Crippen MR) is 74.9 cm³/mol. The molecule has 1 heterocycles. The van der Waals surface area contributed by atoms with E-state index >= 15 is 0 Å². The van der Waals surface area contributed by atoms with Crippen molar-refractivity contribution in [2.75, 3.05) is 11.9 Å². The number of nitrogens with one attached hydrogen (secondary N) is 1. The summed E-state index contributed by atoms with van der Waals surface area (Å²) in [4.78, 5) is 3.94. The van der Waals surface area contributed by atoms with Crippen molar-refractivity contribution in [3.63, 3.8) is 0 Å². The zero-order chi connectivity index (χ0) is 13.0. The number of aromatic nitrogens is 1. The molecule has 2 N–H and O–H groups in total. The largest absolute Gasteiger partial charge is 0.388 e. The van der Waals surface area contributed by atoms with Gasteiger partial charge in [-0.3, -0.25) is 4.98 Å². The average molecular weight is 269 g/mol. The Morgan fingerprint density at radius 3 is 2.83 bits per heavy atom. The Labute approximate surface area is 114 Å². The summed E-state index contributed by atoms with van der Waals surface area (Å²) in [6.45, 7) is 2.79. The van der Waals surface area contributed by atoms with E-state index in [0.717, 1.165) is 37.3 Å². The van der Waals surface area contributed by atoms with Gasteiger partial charge in [0, 0.05) is 18.9 Å². The number of hydrogen-bond donors (Lipinski definition) is 2. The number of nitrogens with zero attached hydrogens (tertiary/aromatic N) is 1. The van der Waals surface area contributed by atoms with Gasteiger partial charge in [-0.1, -0.05) is 24.9 Å². The van der Waals surface area contributed by atoms with E-state index in [4.69, 9.17) is 11.6 Å². The van der Waals surface area contributed by atoms with Crippen LogP contribution in [0.15, 0.2) is 18.5 Å². The van der Waals surface area contributed by atoms with Crippen LogP contribution in [0.1, 0.15) is 39.0 Å². The van der Waals surface area contributed by atoms with Gasteiger partial charge in [0.2, 0.25) is 0 Å². The number of hydrogen-bond acceptors (Lipinski definition) is 3. The first kappa shape index (κ1) is 13.6. The van der Waals surface area contributed by atoms with Crippen LogP contribution in [0.3, 0.4) is 0 Å². The van der Waals surface area contributed by atoms with Crippen molar-refractivity contribution in [2.24, 2.45) is 5.92 Å².